The maximum absolute atomic E-state index is 11.7. The van der Waals surface area contributed by atoms with Gasteiger partial charge in [-0.3, -0.25) is 9.59 Å². The van der Waals surface area contributed by atoms with E-state index < -0.39 is 0 Å². The zero-order valence-corrected chi connectivity index (χ0v) is 14.5. The Kier molecular flexibility index (Phi) is 6.40. The van der Waals surface area contributed by atoms with Gasteiger partial charge < -0.3 is 15.4 Å². The highest BCUT2D eigenvalue weighted by atomic mass is 79.9. The van der Waals surface area contributed by atoms with Gasteiger partial charge in [0.25, 0.3) is 5.91 Å². The molecule has 122 valence electrons. The molecule has 0 atom stereocenters. The van der Waals surface area contributed by atoms with Crippen LogP contribution in [0.4, 0.5) is 0 Å². The smallest absolute Gasteiger partial charge is 0.258 e. The Morgan fingerprint density at radius 3 is 2.57 bits per heavy atom. The van der Waals surface area contributed by atoms with Crippen LogP contribution in [0.3, 0.4) is 0 Å². The van der Waals surface area contributed by atoms with Crippen LogP contribution in [0.1, 0.15) is 13.3 Å². The quantitative estimate of drug-likeness (QED) is 0.777. The van der Waals surface area contributed by atoms with Crippen LogP contribution in [0.5, 0.6) is 5.75 Å². The van der Waals surface area contributed by atoms with Crippen LogP contribution in [0.2, 0.25) is 0 Å². The molecule has 2 aromatic carbocycles. The molecule has 5 nitrogen and oxygen atoms in total. The monoisotopic (exact) mass is 378 g/mol. The molecule has 0 radical (unpaired) electrons. The van der Waals surface area contributed by atoms with Crippen molar-refractivity contribution in [1.82, 2.24) is 10.6 Å². The van der Waals surface area contributed by atoms with E-state index in [1.807, 2.05) is 43.3 Å². The third kappa shape index (κ3) is 5.56. The average molecular weight is 379 g/mol. The molecule has 0 aliphatic carbocycles. The Morgan fingerprint density at radius 1 is 1.04 bits per heavy atom. The van der Waals surface area contributed by atoms with Gasteiger partial charge in [-0.15, -0.1) is 0 Å². The molecule has 0 aliphatic rings. The summed E-state index contributed by atoms with van der Waals surface area (Å²) in [6.07, 6.45) is 0.862. The maximum atomic E-state index is 11.7. The maximum Gasteiger partial charge on any atom is 0.258 e. The van der Waals surface area contributed by atoms with Crippen molar-refractivity contribution in [3.05, 3.63) is 40.9 Å². The van der Waals surface area contributed by atoms with Crippen molar-refractivity contribution < 1.29 is 14.3 Å². The fourth-order valence-electron chi connectivity index (χ4n) is 1.99. The molecule has 23 heavy (non-hydrogen) atoms. The van der Waals surface area contributed by atoms with Gasteiger partial charge in [0, 0.05) is 11.0 Å². The fourth-order valence-corrected chi connectivity index (χ4v) is 2.37. The Bertz CT molecular complexity index is 703. The third-order valence-electron chi connectivity index (χ3n) is 3.16. The van der Waals surface area contributed by atoms with E-state index in [0.717, 1.165) is 21.7 Å². The van der Waals surface area contributed by atoms with Gasteiger partial charge in [-0.05, 0) is 41.5 Å². The van der Waals surface area contributed by atoms with Crippen molar-refractivity contribution in [2.45, 2.75) is 13.3 Å². The molecule has 2 rings (SSSR count). The second kappa shape index (κ2) is 8.53. The minimum absolute atomic E-state index is 0.0338. The Balaban J connectivity index is 1.82. The second-order valence-electron chi connectivity index (χ2n) is 5.07. The highest BCUT2D eigenvalue weighted by molar-refractivity contribution is 9.10. The van der Waals surface area contributed by atoms with Crippen molar-refractivity contribution in [3.63, 3.8) is 0 Å². The number of ether oxygens (including phenoxy) is 1. The first-order valence-electron chi connectivity index (χ1n) is 7.44. The summed E-state index contributed by atoms with van der Waals surface area (Å²) in [6.45, 7) is 2.42. The molecule has 0 bridgehead atoms. The van der Waals surface area contributed by atoms with Gasteiger partial charge in [-0.2, -0.15) is 0 Å². The Labute approximate surface area is 143 Å². The summed E-state index contributed by atoms with van der Waals surface area (Å²) in [6, 6.07) is 11.6. The number of hydrogen-bond donors (Lipinski definition) is 2. The van der Waals surface area contributed by atoms with Crippen molar-refractivity contribution in [2.24, 2.45) is 0 Å². The molecule has 0 saturated carbocycles. The zero-order valence-electron chi connectivity index (χ0n) is 12.9. The van der Waals surface area contributed by atoms with E-state index >= 15 is 0 Å². The number of benzene rings is 2. The van der Waals surface area contributed by atoms with Crippen LogP contribution in [0.25, 0.3) is 10.8 Å². The van der Waals surface area contributed by atoms with Gasteiger partial charge in [0.1, 0.15) is 5.75 Å². The first-order chi connectivity index (χ1) is 11.1. The summed E-state index contributed by atoms with van der Waals surface area (Å²) in [4.78, 5) is 23.1. The second-order valence-corrected chi connectivity index (χ2v) is 5.98. The molecular formula is C17H19BrN2O3. The molecular weight excluding hydrogens is 360 g/mol. The number of hydrogen-bond acceptors (Lipinski definition) is 3. The van der Waals surface area contributed by atoms with Crippen LogP contribution < -0.4 is 15.4 Å². The lowest BCUT2D eigenvalue weighted by molar-refractivity contribution is -0.127. The zero-order chi connectivity index (χ0) is 16.7. The van der Waals surface area contributed by atoms with Crippen LogP contribution in [0, 0.1) is 0 Å². The lowest BCUT2D eigenvalue weighted by Crippen LogP contribution is -2.39. The van der Waals surface area contributed by atoms with Gasteiger partial charge in [0.2, 0.25) is 5.91 Å². The standard InChI is InChI=1S/C17H19BrN2O3/c1-2-7-19-16(21)10-20-17(22)11-23-15-6-4-12-8-14(18)5-3-13(12)9-15/h3-6,8-9H,2,7,10-11H2,1H3,(H,19,21)(H,20,22). The SMILES string of the molecule is CCCNC(=O)CNC(=O)COc1ccc2cc(Br)ccc2c1. The summed E-state index contributed by atoms with van der Waals surface area (Å²) in [7, 11) is 0. The normalized spacial score (nSPS) is 10.3. The van der Waals surface area contributed by atoms with E-state index in [4.69, 9.17) is 4.74 Å². The predicted molar refractivity (Wildman–Crippen MR) is 93.5 cm³/mol. The molecule has 6 heteroatoms. The minimum Gasteiger partial charge on any atom is -0.484 e. The number of nitrogens with one attached hydrogen (secondary N) is 2. The number of fused-ring (bicyclic) bond motifs is 1. The molecule has 0 aliphatic heterocycles. The van der Waals surface area contributed by atoms with Gasteiger partial charge >= 0.3 is 0 Å². The average Bonchev–Trinajstić information content (AvgIpc) is 2.56. The number of rotatable bonds is 7. The molecule has 0 aromatic heterocycles. The third-order valence-corrected chi connectivity index (χ3v) is 3.66. The summed E-state index contributed by atoms with van der Waals surface area (Å²) in [5.41, 5.74) is 0. The Hall–Kier alpha value is -2.08. The Morgan fingerprint density at radius 2 is 1.78 bits per heavy atom. The largest absolute Gasteiger partial charge is 0.484 e. The van der Waals surface area contributed by atoms with Crippen molar-refractivity contribution >= 4 is 38.5 Å². The predicted octanol–water partition coefficient (Wildman–Crippen LogP) is 2.62. The molecule has 2 N–H and O–H groups in total. The summed E-state index contributed by atoms with van der Waals surface area (Å²) in [5.74, 6) is 0.0921. The van der Waals surface area contributed by atoms with E-state index in [-0.39, 0.29) is 25.0 Å². The first kappa shape index (κ1) is 17.3. The van der Waals surface area contributed by atoms with E-state index in [1.54, 1.807) is 0 Å². The van der Waals surface area contributed by atoms with Gasteiger partial charge in [-0.25, -0.2) is 0 Å². The molecule has 2 aromatic rings. The number of halogens is 1. The lowest BCUT2D eigenvalue weighted by Gasteiger charge is -2.09. The van der Waals surface area contributed by atoms with Crippen LogP contribution in [-0.2, 0) is 9.59 Å². The molecule has 0 spiro atoms. The van der Waals surface area contributed by atoms with Crippen LogP contribution >= 0.6 is 15.9 Å². The fraction of sp³-hybridized carbons (Fsp3) is 0.294. The highest BCUT2D eigenvalue weighted by Gasteiger charge is 2.06. The van der Waals surface area contributed by atoms with Crippen molar-refractivity contribution in [2.75, 3.05) is 19.7 Å². The number of carbonyl (C=O) groups excluding carboxylic acids is 2. The van der Waals surface area contributed by atoms with Crippen LogP contribution in [-0.4, -0.2) is 31.5 Å². The molecule has 0 unspecified atom stereocenters. The van der Waals surface area contributed by atoms with Crippen molar-refractivity contribution in [3.8, 4) is 5.75 Å². The minimum atomic E-state index is -0.326. The molecule has 0 fully saturated rings. The van der Waals surface area contributed by atoms with Gasteiger partial charge in [-0.1, -0.05) is 35.0 Å². The topological polar surface area (TPSA) is 67.4 Å². The number of carbonyl (C=O) groups is 2. The summed E-state index contributed by atoms with van der Waals surface area (Å²) >= 11 is 3.43. The van der Waals surface area contributed by atoms with E-state index in [2.05, 4.69) is 26.6 Å². The van der Waals surface area contributed by atoms with E-state index in [1.165, 1.54) is 0 Å². The number of amides is 2. The molecule has 0 heterocycles. The summed E-state index contributed by atoms with van der Waals surface area (Å²) < 4.78 is 6.48. The summed E-state index contributed by atoms with van der Waals surface area (Å²) in [5, 5.41) is 7.33. The van der Waals surface area contributed by atoms with E-state index in [9.17, 15) is 9.59 Å². The van der Waals surface area contributed by atoms with E-state index in [0.29, 0.717) is 12.3 Å². The first-order valence-corrected chi connectivity index (χ1v) is 8.23. The van der Waals surface area contributed by atoms with Gasteiger partial charge in [0.15, 0.2) is 6.61 Å². The van der Waals surface area contributed by atoms with Gasteiger partial charge in [0.05, 0.1) is 6.54 Å². The van der Waals surface area contributed by atoms with Crippen molar-refractivity contribution in [1.29, 1.82) is 0 Å². The molecule has 0 saturated heterocycles. The highest BCUT2D eigenvalue weighted by Crippen LogP contribution is 2.24. The molecule has 2 amide bonds. The lowest BCUT2D eigenvalue weighted by atomic mass is 10.1. The van der Waals surface area contributed by atoms with Crippen LogP contribution in [0.15, 0.2) is 40.9 Å².